The number of pyridine rings is 2. The highest BCUT2D eigenvalue weighted by molar-refractivity contribution is 5.75. The third-order valence-corrected chi connectivity index (χ3v) is 2.49. The van der Waals surface area contributed by atoms with Gasteiger partial charge >= 0.3 is 0 Å². The summed E-state index contributed by atoms with van der Waals surface area (Å²) in [6.45, 7) is 0. The summed E-state index contributed by atoms with van der Waals surface area (Å²) < 4.78 is 0. The van der Waals surface area contributed by atoms with Crippen LogP contribution in [0.4, 0.5) is 0 Å². The molecule has 5 heteroatoms. The van der Waals surface area contributed by atoms with Gasteiger partial charge in [-0.3, -0.25) is 9.97 Å². The summed E-state index contributed by atoms with van der Waals surface area (Å²) in [6.07, 6.45) is 5.11. The maximum atomic E-state index is 4.30. The normalized spacial score (nSPS) is 10.2. The van der Waals surface area contributed by atoms with Crippen LogP contribution in [0.2, 0.25) is 0 Å². The minimum absolute atomic E-state index is 0.685. The van der Waals surface area contributed by atoms with Crippen LogP contribution in [-0.2, 0) is 0 Å². The first kappa shape index (κ1) is 10.5. The molecule has 5 nitrogen and oxygen atoms in total. The molecule has 0 aromatic carbocycles. The molecule has 3 rings (SSSR count). The van der Waals surface area contributed by atoms with Crippen LogP contribution in [0.15, 0.2) is 55.0 Å². The molecule has 0 radical (unpaired) electrons. The summed E-state index contributed by atoms with van der Waals surface area (Å²) in [6, 6.07) is 11.4. The van der Waals surface area contributed by atoms with E-state index in [0.717, 1.165) is 17.0 Å². The molecule has 0 unspecified atom stereocenters. The average molecular weight is 235 g/mol. The topological polar surface area (TPSA) is 64.5 Å². The number of nitrogens with zero attached hydrogens (tertiary/aromatic N) is 5. The third kappa shape index (κ3) is 1.93. The predicted octanol–water partition coefficient (Wildman–Crippen LogP) is 2.00. The standard InChI is InChI=1S/C13H9N5/c1-3-7-14-11(5-1)10-9-16-18-17-13(10)12-6-2-4-8-15-12/h1-9H. The summed E-state index contributed by atoms with van der Waals surface area (Å²) in [4.78, 5) is 8.58. The second-order valence-electron chi connectivity index (χ2n) is 3.63. The molecule has 0 aliphatic rings. The lowest BCUT2D eigenvalue weighted by molar-refractivity contribution is 0.869. The van der Waals surface area contributed by atoms with Crippen LogP contribution in [0, 0.1) is 0 Å². The molecule has 0 aliphatic heterocycles. The van der Waals surface area contributed by atoms with Crippen LogP contribution in [0.3, 0.4) is 0 Å². The second-order valence-corrected chi connectivity index (χ2v) is 3.63. The Morgan fingerprint density at radius 2 is 1.50 bits per heavy atom. The first-order valence-corrected chi connectivity index (χ1v) is 5.46. The van der Waals surface area contributed by atoms with Gasteiger partial charge in [-0.25, -0.2) is 0 Å². The van der Waals surface area contributed by atoms with Gasteiger partial charge in [0.25, 0.3) is 0 Å². The largest absolute Gasteiger partial charge is 0.256 e. The Balaban J connectivity index is 2.18. The molecular formula is C13H9N5. The van der Waals surface area contributed by atoms with E-state index in [1.165, 1.54) is 0 Å². The van der Waals surface area contributed by atoms with E-state index in [4.69, 9.17) is 0 Å². The number of aromatic nitrogens is 5. The third-order valence-electron chi connectivity index (χ3n) is 2.49. The fraction of sp³-hybridized carbons (Fsp3) is 0. The molecule has 0 bridgehead atoms. The molecule has 0 aliphatic carbocycles. The molecule has 0 spiro atoms. The van der Waals surface area contributed by atoms with E-state index in [-0.39, 0.29) is 0 Å². The monoisotopic (exact) mass is 235 g/mol. The fourth-order valence-electron chi connectivity index (χ4n) is 1.67. The predicted molar refractivity (Wildman–Crippen MR) is 66.3 cm³/mol. The Morgan fingerprint density at radius 1 is 0.778 bits per heavy atom. The van der Waals surface area contributed by atoms with E-state index in [1.807, 2.05) is 36.4 Å². The Hall–Kier alpha value is -2.69. The van der Waals surface area contributed by atoms with E-state index >= 15 is 0 Å². The summed E-state index contributed by atoms with van der Waals surface area (Å²) in [5.41, 5.74) is 3.07. The summed E-state index contributed by atoms with van der Waals surface area (Å²) in [7, 11) is 0. The van der Waals surface area contributed by atoms with Crippen molar-refractivity contribution in [1.82, 2.24) is 25.4 Å². The van der Waals surface area contributed by atoms with E-state index in [0.29, 0.717) is 5.69 Å². The second kappa shape index (κ2) is 4.67. The van der Waals surface area contributed by atoms with Crippen molar-refractivity contribution in [3.63, 3.8) is 0 Å². The van der Waals surface area contributed by atoms with Gasteiger partial charge in [-0.05, 0) is 29.5 Å². The van der Waals surface area contributed by atoms with Crippen molar-refractivity contribution in [1.29, 1.82) is 0 Å². The summed E-state index contributed by atoms with van der Waals surface area (Å²) >= 11 is 0. The molecule has 0 atom stereocenters. The van der Waals surface area contributed by atoms with E-state index in [2.05, 4.69) is 25.4 Å². The molecule has 18 heavy (non-hydrogen) atoms. The van der Waals surface area contributed by atoms with Gasteiger partial charge in [0, 0.05) is 12.4 Å². The first-order valence-electron chi connectivity index (χ1n) is 5.46. The SMILES string of the molecule is c1ccc(-c2cnnnc2-c2ccccn2)nc1. The van der Waals surface area contributed by atoms with Gasteiger partial charge in [-0.15, -0.1) is 10.2 Å². The minimum atomic E-state index is 0.685. The lowest BCUT2D eigenvalue weighted by atomic mass is 10.1. The minimum Gasteiger partial charge on any atom is -0.256 e. The molecule has 0 N–H and O–H groups in total. The zero-order valence-electron chi connectivity index (χ0n) is 9.43. The maximum absolute atomic E-state index is 4.30. The van der Waals surface area contributed by atoms with Crippen LogP contribution >= 0.6 is 0 Å². The van der Waals surface area contributed by atoms with Crippen molar-refractivity contribution >= 4 is 0 Å². The van der Waals surface area contributed by atoms with Crippen molar-refractivity contribution in [2.45, 2.75) is 0 Å². The van der Waals surface area contributed by atoms with Gasteiger partial charge in [0.05, 0.1) is 23.1 Å². The maximum Gasteiger partial charge on any atom is 0.124 e. The smallest absolute Gasteiger partial charge is 0.124 e. The quantitative estimate of drug-likeness (QED) is 0.679. The molecule has 3 heterocycles. The van der Waals surface area contributed by atoms with Crippen LogP contribution in [0.1, 0.15) is 0 Å². The van der Waals surface area contributed by atoms with Gasteiger partial charge in [0.15, 0.2) is 0 Å². The highest BCUT2D eigenvalue weighted by atomic mass is 15.3. The van der Waals surface area contributed by atoms with E-state index in [9.17, 15) is 0 Å². The molecule has 86 valence electrons. The Kier molecular flexibility index (Phi) is 2.71. The number of hydrogen-bond donors (Lipinski definition) is 0. The van der Waals surface area contributed by atoms with Crippen molar-refractivity contribution in [3.8, 4) is 22.6 Å². The van der Waals surface area contributed by atoms with Crippen LogP contribution in [0.25, 0.3) is 22.6 Å². The lowest BCUT2D eigenvalue weighted by Gasteiger charge is -2.04. The molecule has 0 amide bonds. The molecule has 3 aromatic heterocycles. The van der Waals surface area contributed by atoms with Crippen molar-refractivity contribution in [2.24, 2.45) is 0 Å². The van der Waals surface area contributed by atoms with Crippen LogP contribution in [-0.4, -0.2) is 25.4 Å². The molecule has 0 saturated heterocycles. The van der Waals surface area contributed by atoms with Crippen molar-refractivity contribution in [3.05, 3.63) is 55.0 Å². The van der Waals surface area contributed by atoms with Crippen LogP contribution < -0.4 is 0 Å². The Labute approximate surface area is 104 Å². The molecule has 3 aromatic rings. The summed E-state index contributed by atoms with van der Waals surface area (Å²) in [5.74, 6) is 0. The van der Waals surface area contributed by atoms with E-state index < -0.39 is 0 Å². The summed E-state index contributed by atoms with van der Waals surface area (Å²) in [5, 5.41) is 11.6. The van der Waals surface area contributed by atoms with Crippen molar-refractivity contribution in [2.75, 3.05) is 0 Å². The highest BCUT2D eigenvalue weighted by Crippen LogP contribution is 2.25. The Bertz CT molecular complexity index is 581. The average Bonchev–Trinajstić information content (AvgIpc) is 2.49. The molecular weight excluding hydrogens is 226 g/mol. The molecule has 0 fully saturated rings. The number of hydrogen-bond acceptors (Lipinski definition) is 5. The lowest BCUT2D eigenvalue weighted by Crippen LogP contribution is -1.97. The molecule has 0 saturated carbocycles. The van der Waals surface area contributed by atoms with Crippen molar-refractivity contribution < 1.29 is 0 Å². The van der Waals surface area contributed by atoms with Gasteiger partial charge in [0.2, 0.25) is 0 Å². The zero-order valence-corrected chi connectivity index (χ0v) is 9.43. The van der Waals surface area contributed by atoms with E-state index in [1.54, 1.807) is 18.6 Å². The fourth-order valence-corrected chi connectivity index (χ4v) is 1.67. The number of rotatable bonds is 2. The van der Waals surface area contributed by atoms with Crippen LogP contribution in [0.5, 0.6) is 0 Å². The zero-order chi connectivity index (χ0) is 12.2. The highest BCUT2D eigenvalue weighted by Gasteiger charge is 2.11. The van der Waals surface area contributed by atoms with Gasteiger partial charge in [-0.2, -0.15) is 0 Å². The Morgan fingerprint density at radius 3 is 2.17 bits per heavy atom. The first-order chi connectivity index (χ1) is 8.95. The van der Waals surface area contributed by atoms with Gasteiger partial charge < -0.3 is 0 Å². The van der Waals surface area contributed by atoms with Gasteiger partial charge in [0.1, 0.15) is 5.69 Å². The van der Waals surface area contributed by atoms with Gasteiger partial charge in [-0.1, -0.05) is 12.1 Å².